The molecule has 0 bridgehead atoms. The molecule has 1 aliphatic carbocycles. The summed E-state index contributed by atoms with van der Waals surface area (Å²) in [6.07, 6.45) is 3.29. The van der Waals surface area contributed by atoms with Crippen molar-refractivity contribution >= 4 is 40.8 Å². The zero-order chi connectivity index (χ0) is 11.8. The number of halogens is 3. The fraction of sp³-hybridized carbons (Fsp3) is 0.500. The predicted molar refractivity (Wildman–Crippen MR) is 62.1 cm³/mol. The number of carboxylic acids is 1. The highest BCUT2D eigenvalue weighted by atomic mass is 35.5. The van der Waals surface area contributed by atoms with Gasteiger partial charge in [-0.3, -0.25) is 4.79 Å². The second-order valence-corrected chi connectivity index (χ2v) is 5.49. The number of hydrogen-bond donors (Lipinski definition) is 1. The molecule has 0 aromatic heterocycles. The minimum absolute atomic E-state index is 0.0155. The first-order chi connectivity index (χ1) is 6.78. The Morgan fingerprint density at radius 2 is 1.87 bits per heavy atom. The van der Waals surface area contributed by atoms with Crippen LogP contribution in [0.15, 0.2) is 21.7 Å². The summed E-state index contributed by atoms with van der Waals surface area (Å²) in [6, 6.07) is 0. The van der Waals surface area contributed by atoms with Gasteiger partial charge in [-0.25, -0.2) is 0 Å². The summed E-state index contributed by atoms with van der Waals surface area (Å²) in [5.41, 5.74) is -0.224. The first-order valence-corrected chi connectivity index (χ1v) is 5.53. The molecule has 0 aromatic rings. The maximum Gasteiger partial charge on any atom is 0.307 e. The van der Waals surface area contributed by atoms with Crippen LogP contribution >= 0.6 is 34.8 Å². The van der Waals surface area contributed by atoms with Gasteiger partial charge in [-0.2, -0.15) is 0 Å². The molecule has 0 aliphatic heterocycles. The average molecular weight is 270 g/mol. The highest BCUT2D eigenvalue weighted by molar-refractivity contribution is 6.59. The van der Waals surface area contributed by atoms with Crippen molar-refractivity contribution < 1.29 is 9.90 Å². The Morgan fingerprint density at radius 3 is 2.20 bits per heavy atom. The van der Waals surface area contributed by atoms with E-state index in [2.05, 4.69) is 0 Å². The van der Waals surface area contributed by atoms with Crippen molar-refractivity contribution in [3.05, 3.63) is 21.7 Å². The minimum atomic E-state index is -0.785. The SMILES string of the molecule is CC1(C)[C@@H](C=CC(Cl)=C(Cl)Cl)[C@@H]1C(=O)O. The molecule has 0 unspecified atom stereocenters. The lowest BCUT2D eigenvalue weighted by molar-refractivity contribution is -0.139. The van der Waals surface area contributed by atoms with Gasteiger partial charge in [-0.15, -0.1) is 0 Å². The van der Waals surface area contributed by atoms with Crippen LogP contribution in [0, 0.1) is 17.3 Å². The van der Waals surface area contributed by atoms with E-state index in [1.807, 2.05) is 13.8 Å². The highest BCUT2D eigenvalue weighted by Crippen LogP contribution is 2.59. The number of hydrogen-bond acceptors (Lipinski definition) is 1. The van der Waals surface area contributed by atoms with E-state index in [1.54, 1.807) is 12.2 Å². The molecule has 2 atom stereocenters. The van der Waals surface area contributed by atoms with Gasteiger partial charge in [0, 0.05) is 0 Å². The van der Waals surface area contributed by atoms with Crippen LogP contribution in [0.5, 0.6) is 0 Å². The van der Waals surface area contributed by atoms with Crippen molar-refractivity contribution in [2.24, 2.45) is 17.3 Å². The Morgan fingerprint density at radius 1 is 1.33 bits per heavy atom. The van der Waals surface area contributed by atoms with Crippen LogP contribution in [0.3, 0.4) is 0 Å². The van der Waals surface area contributed by atoms with Gasteiger partial charge < -0.3 is 5.11 Å². The third-order valence-corrected chi connectivity index (χ3v) is 3.72. The lowest BCUT2D eigenvalue weighted by atomic mass is 10.1. The first-order valence-electron chi connectivity index (χ1n) is 4.40. The van der Waals surface area contributed by atoms with E-state index in [4.69, 9.17) is 39.9 Å². The van der Waals surface area contributed by atoms with Gasteiger partial charge in [0.1, 0.15) is 4.49 Å². The number of carbonyl (C=O) groups is 1. The van der Waals surface area contributed by atoms with Crippen LogP contribution in [0.25, 0.3) is 0 Å². The number of carboxylic acid groups (broad SMARTS) is 1. The van der Waals surface area contributed by atoms with Crippen LogP contribution < -0.4 is 0 Å². The molecule has 5 heteroatoms. The van der Waals surface area contributed by atoms with E-state index in [0.29, 0.717) is 0 Å². The average Bonchev–Trinajstić information content (AvgIpc) is 2.63. The van der Waals surface area contributed by atoms with Crippen LogP contribution in [0.2, 0.25) is 0 Å². The molecule has 84 valence electrons. The summed E-state index contributed by atoms with van der Waals surface area (Å²) < 4.78 is -0.0155. The van der Waals surface area contributed by atoms with Crippen molar-refractivity contribution in [2.75, 3.05) is 0 Å². The van der Waals surface area contributed by atoms with Crippen molar-refractivity contribution in [1.29, 1.82) is 0 Å². The topological polar surface area (TPSA) is 37.3 Å². The Kier molecular flexibility index (Phi) is 3.75. The molecule has 0 heterocycles. The molecule has 0 aromatic carbocycles. The fourth-order valence-corrected chi connectivity index (χ4v) is 1.96. The largest absolute Gasteiger partial charge is 0.481 e. The molecule has 1 rings (SSSR count). The van der Waals surface area contributed by atoms with Crippen molar-refractivity contribution in [3.63, 3.8) is 0 Å². The van der Waals surface area contributed by atoms with Crippen LogP contribution in [-0.2, 0) is 4.79 Å². The number of allylic oxidation sites excluding steroid dienone is 3. The zero-order valence-corrected chi connectivity index (χ0v) is 10.6. The molecule has 0 amide bonds. The van der Waals surface area contributed by atoms with Gasteiger partial charge in [-0.05, 0) is 17.4 Å². The van der Waals surface area contributed by atoms with E-state index < -0.39 is 5.97 Å². The van der Waals surface area contributed by atoms with E-state index in [0.717, 1.165) is 0 Å². The predicted octanol–water partition coefficient (Wildman–Crippen LogP) is 3.78. The molecular weight excluding hydrogens is 258 g/mol. The molecule has 0 spiro atoms. The molecule has 1 saturated carbocycles. The van der Waals surface area contributed by atoms with Crippen molar-refractivity contribution in [1.82, 2.24) is 0 Å². The number of aliphatic carboxylic acids is 1. The first kappa shape index (κ1) is 12.9. The molecule has 0 saturated heterocycles. The van der Waals surface area contributed by atoms with Gasteiger partial charge in [0.15, 0.2) is 0 Å². The summed E-state index contributed by atoms with van der Waals surface area (Å²) in [4.78, 5) is 10.8. The standard InChI is InChI=1S/C10H11Cl3O2/c1-10(2)5(7(10)9(14)15)3-4-6(11)8(12)13/h3-5,7H,1-2H3,(H,14,15)/t5-,7+/m0/s1. The summed E-state index contributed by atoms with van der Waals surface area (Å²) in [5.74, 6) is -1.16. The highest BCUT2D eigenvalue weighted by Gasteiger charge is 2.60. The Labute approximate surface area is 104 Å². The second-order valence-electron chi connectivity index (χ2n) is 4.13. The fourth-order valence-electron chi connectivity index (χ4n) is 1.76. The van der Waals surface area contributed by atoms with E-state index in [1.165, 1.54) is 0 Å². The van der Waals surface area contributed by atoms with Gasteiger partial charge in [-0.1, -0.05) is 54.7 Å². The summed E-state index contributed by atoms with van der Waals surface area (Å²) in [5, 5.41) is 9.13. The van der Waals surface area contributed by atoms with Gasteiger partial charge in [0.2, 0.25) is 0 Å². The number of rotatable bonds is 3. The Balaban J connectivity index is 2.71. The van der Waals surface area contributed by atoms with Gasteiger partial charge in [0.25, 0.3) is 0 Å². The lowest BCUT2D eigenvalue weighted by Gasteiger charge is -1.96. The van der Waals surface area contributed by atoms with Crippen LogP contribution in [-0.4, -0.2) is 11.1 Å². The van der Waals surface area contributed by atoms with Crippen LogP contribution in [0.1, 0.15) is 13.8 Å². The van der Waals surface area contributed by atoms with Gasteiger partial charge >= 0.3 is 5.97 Å². The lowest BCUT2D eigenvalue weighted by Crippen LogP contribution is -2.02. The van der Waals surface area contributed by atoms with E-state index in [9.17, 15) is 4.79 Å². The van der Waals surface area contributed by atoms with E-state index in [-0.39, 0.29) is 26.8 Å². The Hall–Kier alpha value is -0.180. The van der Waals surface area contributed by atoms with Crippen LogP contribution in [0.4, 0.5) is 0 Å². The monoisotopic (exact) mass is 268 g/mol. The van der Waals surface area contributed by atoms with Crippen molar-refractivity contribution in [2.45, 2.75) is 13.8 Å². The smallest absolute Gasteiger partial charge is 0.307 e. The molecule has 1 fully saturated rings. The third-order valence-electron chi connectivity index (χ3n) is 2.81. The maximum atomic E-state index is 10.8. The Bertz CT molecular complexity index is 341. The summed E-state index contributed by atoms with van der Waals surface area (Å²) in [6.45, 7) is 3.81. The second kappa shape index (κ2) is 4.36. The maximum absolute atomic E-state index is 10.8. The molecule has 1 aliphatic rings. The minimum Gasteiger partial charge on any atom is -0.481 e. The summed E-state index contributed by atoms with van der Waals surface area (Å²) in [7, 11) is 0. The van der Waals surface area contributed by atoms with Crippen molar-refractivity contribution in [3.8, 4) is 0 Å². The quantitative estimate of drug-likeness (QED) is 0.792. The normalized spacial score (nSPS) is 27.8. The third kappa shape index (κ3) is 2.68. The van der Waals surface area contributed by atoms with Gasteiger partial charge in [0.05, 0.1) is 11.0 Å². The molecule has 2 nitrogen and oxygen atoms in total. The summed E-state index contributed by atoms with van der Waals surface area (Å²) >= 11 is 16.6. The van der Waals surface area contributed by atoms with E-state index >= 15 is 0 Å². The molecule has 0 radical (unpaired) electrons. The zero-order valence-electron chi connectivity index (χ0n) is 8.30. The molecular formula is C10H11Cl3O2. The molecule has 15 heavy (non-hydrogen) atoms. The molecule has 1 N–H and O–H groups in total.